The first kappa shape index (κ1) is 16.0. The first-order valence-electron chi connectivity index (χ1n) is 7.83. The number of urea groups is 1. The van der Waals surface area contributed by atoms with E-state index in [2.05, 4.69) is 15.4 Å². The molecule has 24 heavy (non-hydrogen) atoms. The third-order valence-corrected chi connectivity index (χ3v) is 3.84. The molecular weight excluding hydrogens is 310 g/mol. The van der Waals surface area contributed by atoms with Crippen molar-refractivity contribution in [2.45, 2.75) is 31.8 Å². The van der Waals surface area contributed by atoms with E-state index in [1.165, 1.54) is 6.33 Å². The molecule has 2 amide bonds. The van der Waals surface area contributed by atoms with Crippen molar-refractivity contribution in [1.82, 2.24) is 25.0 Å². The number of benzene rings is 1. The van der Waals surface area contributed by atoms with Gasteiger partial charge in [0.05, 0.1) is 12.1 Å². The lowest BCUT2D eigenvalue weighted by Crippen LogP contribution is -2.41. The molecule has 1 aromatic heterocycles. The van der Waals surface area contributed by atoms with Crippen molar-refractivity contribution in [2.24, 2.45) is 0 Å². The van der Waals surface area contributed by atoms with Crippen LogP contribution in [-0.2, 0) is 11.3 Å². The second-order valence-electron chi connectivity index (χ2n) is 5.74. The Hall–Kier alpha value is -2.90. The molecule has 1 saturated carbocycles. The molecule has 0 atom stereocenters. The minimum Gasteiger partial charge on any atom is -0.481 e. The van der Waals surface area contributed by atoms with Gasteiger partial charge in [-0.25, -0.2) is 14.5 Å². The molecule has 1 aliphatic rings. The van der Waals surface area contributed by atoms with Gasteiger partial charge in [0, 0.05) is 19.1 Å². The quantitative estimate of drug-likeness (QED) is 0.800. The van der Waals surface area contributed by atoms with Crippen molar-refractivity contribution >= 4 is 12.0 Å². The molecule has 1 aliphatic carbocycles. The Balaban J connectivity index is 1.61. The maximum atomic E-state index is 12.3. The Bertz CT molecular complexity index is 695. The van der Waals surface area contributed by atoms with Crippen LogP contribution in [0.15, 0.2) is 36.9 Å². The molecule has 0 aliphatic heterocycles. The van der Waals surface area contributed by atoms with Crippen LogP contribution in [0.4, 0.5) is 4.79 Å². The molecule has 0 saturated heterocycles. The van der Waals surface area contributed by atoms with Gasteiger partial charge >= 0.3 is 12.0 Å². The van der Waals surface area contributed by atoms with E-state index in [0.717, 1.165) is 24.1 Å². The maximum Gasteiger partial charge on any atom is 0.317 e. The molecule has 1 fully saturated rings. The van der Waals surface area contributed by atoms with Gasteiger partial charge in [0.15, 0.2) is 0 Å². The van der Waals surface area contributed by atoms with E-state index in [9.17, 15) is 9.59 Å². The fourth-order valence-corrected chi connectivity index (χ4v) is 2.42. The van der Waals surface area contributed by atoms with Crippen molar-refractivity contribution < 1.29 is 14.7 Å². The van der Waals surface area contributed by atoms with E-state index >= 15 is 0 Å². The predicted molar refractivity (Wildman–Crippen MR) is 85.6 cm³/mol. The Morgan fingerprint density at radius 3 is 2.62 bits per heavy atom. The summed E-state index contributed by atoms with van der Waals surface area (Å²) in [4.78, 5) is 28.5. The summed E-state index contributed by atoms with van der Waals surface area (Å²) in [5.74, 6) is -0.919. The third-order valence-electron chi connectivity index (χ3n) is 3.84. The lowest BCUT2D eigenvalue weighted by atomic mass is 10.2. The highest BCUT2D eigenvalue weighted by Crippen LogP contribution is 2.28. The van der Waals surface area contributed by atoms with Crippen LogP contribution in [0.1, 0.15) is 24.8 Å². The van der Waals surface area contributed by atoms with Crippen molar-refractivity contribution in [2.75, 3.05) is 6.54 Å². The predicted octanol–water partition coefficient (Wildman–Crippen LogP) is 1.42. The number of rotatable bonds is 7. The third kappa shape index (κ3) is 4.09. The molecule has 2 N–H and O–H groups in total. The summed E-state index contributed by atoms with van der Waals surface area (Å²) >= 11 is 0. The van der Waals surface area contributed by atoms with Gasteiger partial charge in [0.2, 0.25) is 0 Å². The van der Waals surface area contributed by atoms with Gasteiger partial charge in [-0.2, -0.15) is 5.10 Å². The number of aromatic nitrogens is 3. The van der Waals surface area contributed by atoms with Gasteiger partial charge in [0.25, 0.3) is 0 Å². The minimum atomic E-state index is -0.919. The summed E-state index contributed by atoms with van der Waals surface area (Å²) in [5.41, 5.74) is 1.92. The molecule has 8 heteroatoms. The molecule has 3 rings (SSSR count). The van der Waals surface area contributed by atoms with E-state index in [1.807, 2.05) is 24.3 Å². The van der Waals surface area contributed by atoms with E-state index in [0.29, 0.717) is 6.54 Å². The summed E-state index contributed by atoms with van der Waals surface area (Å²) < 4.78 is 1.67. The van der Waals surface area contributed by atoms with Crippen LogP contribution in [0.3, 0.4) is 0 Å². The van der Waals surface area contributed by atoms with E-state index in [1.54, 1.807) is 15.9 Å². The summed E-state index contributed by atoms with van der Waals surface area (Å²) in [6, 6.07) is 7.80. The Labute approximate surface area is 139 Å². The Kier molecular flexibility index (Phi) is 4.74. The SMILES string of the molecule is O=C(O)CCNC(=O)N(Cc1ccc(-n2cncn2)cc1)C1CC1. The number of hydrogen-bond acceptors (Lipinski definition) is 4. The second kappa shape index (κ2) is 7.12. The molecule has 0 radical (unpaired) electrons. The van der Waals surface area contributed by atoms with Crippen LogP contribution in [0.25, 0.3) is 5.69 Å². The maximum absolute atomic E-state index is 12.3. The van der Waals surface area contributed by atoms with Gasteiger partial charge in [-0.3, -0.25) is 4.79 Å². The highest BCUT2D eigenvalue weighted by atomic mass is 16.4. The van der Waals surface area contributed by atoms with Crippen LogP contribution in [0, 0.1) is 0 Å². The zero-order chi connectivity index (χ0) is 16.9. The number of aliphatic carboxylic acids is 1. The zero-order valence-electron chi connectivity index (χ0n) is 13.1. The van der Waals surface area contributed by atoms with E-state index in [4.69, 9.17) is 5.11 Å². The fourth-order valence-electron chi connectivity index (χ4n) is 2.42. The summed E-state index contributed by atoms with van der Waals surface area (Å²) in [5, 5.41) is 15.4. The van der Waals surface area contributed by atoms with Gasteiger partial charge in [-0.15, -0.1) is 0 Å². The largest absolute Gasteiger partial charge is 0.481 e. The number of carbonyl (C=O) groups is 2. The van der Waals surface area contributed by atoms with E-state index < -0.39 is 5.97 Å². The van der Waals surface area contributed by atoms with Gasteiger partial charge in [-0.05, 0) is 30.5 Å². The summed E-state index contributed by atoms with van der Waals surface area (Å²) in [6.07, 6.45) is 5.01. The van der Waals surface area contributed by atoms with Gasteiger partial charge in [-0.1, -0.05) is 12.1 Å². The van der Waals surface area contributed by atoms with Crippen molar-refractivity contribution in [3.63, 3.8) is 0 Å². The second-order valence-corrected chi connectivity index (χ2v) is 5.74. The van der Waals surface area contributed by atoms with E-state index in [-0.39, 0.29) is 25.0 Å². The molecule has 1 aromatic carbocycles. The van der Waals surface area contributed by atoms with Crippen LogP contribution >= 0.6 is 0 Å². The Morgan fingerprint density at radius 1 is 1.29 bits per heavy atom. The monoisotopic (exact) mass is 329 g/mol. The first-order valence-corrected chi connectivity index (χ1v) is 7.83. The van der Waals surface area contributed by atoms with Gasteiger partial charge in [0.1, 0.15) is 12.7 Å². The fraction of sp³-hybridized carbons (Fsp3) is 0.375. The highest BCUT2D eigenvalue weighted by Gasteiger charge is 2.32. The molecule has 126 valence electrons. The normalized spacial score (nSPS) is 13.5. The standard InChI is InChI=1S/C16H19N5O3/c22-15(23)7-8-18-16(24)20(13-5-6-13)9-12-1-3-14(4-2-12)21-11-17-10-19-21/h1-4,10-11,13H,5-9H2,(H,18,24)(H,22,23). The number of nitrogens with one attached hydrogen (secondary N) is 1. The van der Waals surface area contributed by atoms with Crippen molar-refractivity contribution in [3.05, 3.63) is 42.5 Å². The van der Waals surface area contributed by atoms with Crippen LogP contribution < -0.4 is 5.32 Å². The number of amides is 2. The average Bonchev–Trinajstić information content (AvgIpc) is 3.26. The molecule has 0 bridgehead atoms. The lowest BCUT2D eigenvalue weighted by molar-refractivity contribution is -0.136. The summed E-state index contributed by atoms with van der Waals surface area (Å²) in [7, 11) is 0. The molecule has 2 aromatic rings. The van der Waals surface area contributed by atoms with Crippen molar-refractivity contribution in [3.8, 4) is 5.69 Å². The van der Waals surface area contributed by atoms with Gasteiger partial charge < -0.3 is 15.3 Å². The number of hydrogen-bond donors (Lipinski definition) is 2. The molecule has 8 nitrogen and oxygen atoms in total. The summed E-state index contributed by atoms with van der Waals surface area (Å²) in [6.45, 7) is 0.643. The molecule has 0 unspecified atom stereocenters. The topological polar surface area (TPSA) is 100 Å². The average molecular weight is 329 g/mol. The number of nitrogens with zero attached hydrogens (tertiary/aromatic N) is 4. The number of carbonyl (C=O) groups excluding carboxylic acids is 1. The molecule has 0 spiro atoms. The van der Waals surface area contributed by atoms with Crippen LogP contribution in [0.2, 0.25) is 0 Å². The molecule has 1 heterocycles. The Morgan fingerprint density at radius 2 is 2.04 bits per heavy atom. The minimum absolute atomic E-state index is 0.0726. The smallest absolute Gasteiger partial charge is 0.317 e. The highest BCUT2D eigenvalue weighted by molar-refractivity contribution is 5.76. The van der Waals surface area contributed by atoms with Crippen molar-refractivity contribution in [1.29, 1.82) is 0 Å². The number of carboxylic acids is 1. The first-order chi connectivity index (χ1) is 11.6. The van der Waals surface area contributed by atoms with Crippen LogP contribution in [0.5, 0.6) is 0 Å². The zero-order valence-corrected chi connectivity index (χ0v) is 13.1. The lowest BCUT2D eigenvalue weighted by Gasteiger charge is -2.23. The molecular formula is C16H19N5O3. The number of carboxylic acid groups (broad SMARTS) is 1. The van der Waals surface area contributed by atoms with Crippen LogP contribution in [-0.4, -0.2) is 49.4 Å².